The van der Waals surface area contributed by atoms with Crippen molar-refractivity contribution in [2.24, 2.45) is 4.99 Å². The van der Waals surface area contributed by atoms with Gasteiger partial charge in [-0.25, -0.2) is 0 Å². The second kappa shape index (κ2) is 10.00. The van der Waals surface area contributed by atoms with Crippen LogP contribution in [0.15, 0.2) is 41.7 Å². The van der Waals surface area contributed by atoms with Gasteiger partial charge in [0.25, 0.3) is 0 Å². The Balaban J connectivity index is 2.23. The topological polar surface area (TPSA) is 28.1 Å². The molecule has 1 rings (SSSR count). The van der Waals surface area contributed by atoms with Crippen molar-refractivity contribution in [1.29, 1.82) is 0 Å². The van der Waals surface area contributed by atoms with Crippen LogP contribution in [-0.4, -0.2) is 57.4 Å². The zero-order chi connectivity index (χ0) is 15.5. The van der Waals surface area contributed by atoms with Gasteiger partial charge >= 0.3 is 0 Å². The standard InChI is InChI=1S/C17H27N3O/c1-18-10-14-20(3)12-6-11-19(2)13-9-16-7-5-8-17(15-16)21-4/h5,7-8,10,14-15H,1,6,9,11-13H2,2-4H3/b14-10-. The van der Waals surface area contributed by atoms with Gasteiger partial charge < -0.3 is 14.5 Å². The van der Waals surface area contributed by atoms with Crippen molar-refractivity contribution in [3.8, 4) is 5.75 Å². The molecule has 0 saturated carbocycles. The van der Waals surface area contributed by atoms with Crippen LogP contribution in [0.1, 0.15) is 12.0 Å². The van der Waals surface area contributed by atoms with Crippen LogP contribution in [0.3, 0.4) is 0 Å². The molecule has 0 heterocycles. The SMILES string of the molecule is C=N/C=C\N(C)CCCN(C)CCc1cccc(OC)c1. The van der Waals surface area contributed by atoms with Gasteiger partial charge in [-0.3, -0.25) is 4.99 Å². The van der Waals surface area contributed by atoms with Gasteiger partial charge in [0.05, 0.1) is 7.11 Å². The highest BCUT2D eigenvalue weighted by Gasteiger charge is 2.01. The van der Waals surface area contributed by atoms with E-state index in [2.05, 4.69) is 47.7 Å². The number of aliphatic imine (C=N–C) groups is 1. The molecule has 0 saturated heterocycles. The number of rotatable bonds is 10. The van der Waals surface area contributed by atoms with Crippen molar-refractivity contribution in [2.75, 3.05) is 40.8 Å². The van der Waals surface area contributed by atoms with Crippen LogP contribution < -0.4 is 4.74 Å². The summed E-state index contributed by atoms with van der Waals surface area (Å²) in [7, 11) is 5.93. The molecular formula is C17H27N3O. The highest BCUT2D eigenvalue weighted by atomic mass is 16.5. The monoisotopic (exact) mass is 289 g/mol. The average Bonchev–Trinajstić information content (AvgIpc) is 2.51. The summed E-state index contributed by atoms with van der Waals surface area (Å²) in [5.41, 5.74) is 1.32. The second-order valence-electron chi connectivity index (χ2n) is 5.22. The van der Waals surface area contributed by atoms with Gasteiger partial charge in [-0.1, -0.05) is 12.1 Å². The molecule has 0 aliphatic heterocycles. The van der Waals surface area contributed by atoms with Crippen molar-refractivity contribution in [3.63, 3.8) is 0 Å². The first kappa shape index (κ1) is 17.2. The van der Waals surface area contributed by atoms with Gasteiger partial charge in [0.1, 0.15) is 5.75 Å². The molecule has 1 aromatic rings. The smallest absolute Gasteiger partial charge is 0.119 e. The van der Waals surface area contributed by atoms with Crippen LogP contribution in [0, 0.1) is 0 Å². The third kappa shape index (κ3) is 7.51. The molecule has 116 valence electrons. The number of benzene rings is 1. The fourth-order valence-corrected chi connectivity index (χ4v) is 2.09. The lowest BCUT2D eigenvalue weighted by atomic mass is 10.1. The summed E-state index contributed by atoms with van der Waals surface area (Å²) in [6.45, 7) is 6.59. The maximum Gasteiger partial charge on any atom is 0.119 e. The van der Waals surface area contributed by atoms with E-state index in [4.69, 9.17) is 4.74 Å². The molecule has 0 unspecified atom stereocenters. The van der Waals surface area contributed by atoms with Gasteiger partial charge in [0.15, 0.2) is 0 Å². The lowest BCUT2D eigenvalue weighted by Crippen LogP contribution is -2.25. The summed E-state index contributed by atoms with van der Waals surface area (Å²) in [6, 6.07) is 8.28. The maximum atomic E-state index is 5.25. The highest BCUT2D eigenvalue weighted by molar-refractivity contribution is 5.28. The summed E-state index contributed by atoms with van der Waals surface area (Å²) in [4.78, 5) is 8.20. The highest BCUT2D eigenvalue weighted by Crippen LogP contribution is 2.13. The van der Waals surface area contributed by atoms with Crippen LogP contribution in [0.4, 0.5) is 0 Å². The Hall–Kier alpha value is -1.81. The number of hydrogen-bond donors (Lipinski definition) is 0. The summed E-state index contributed by atoms with van der Waals surface area (Å²) in [5, 5.41) is 0. The largest absolute Gasteiger partial charge is 0.497 e. The Bertz CT molecular complexity index is 445. The van der Waals surface area contributed by atoms with E-state index in [1.165, 1.54) is 5.56 Å². The third-order valence-corrected chi connectivity index (χ3v) is 3.39. The Kier molecular flexibility index (Phi) is 8.21. The van der Waals surface area contributed by atoms with E-state index >= 15 is 0 Å². The summed E-state index contributed by atoms with van der Waals surface area (Å²) in [6.07, 6.45) is 5.84. The first-order valence-electron chi connectivity index (χ1n) is 7.30. The maximum absolute atomic E-state index is 5.25. The molecule has 0 spiro atoms. The number of hydrogen-bond acceptors (Lipinski definition) is 4. The molecule has 0 bridgehead atoms. The third-order valence-electron chi connectivity index (χ3n) is 3.39. The van der Waals surface area contributed by atoms with Gasteiger partial charge in [-0.05, 0) is 50.8 Å². The first-order chi connectivity index (χ1) is 10.2. The summed E-state index contributed by atoms with van der Waals surface area (Å²) < 4.78 is 5.25. The summed E-state index contributed by atoms with van der Waals surface area (Å²) >= 11 is 0. The number of ether oxygens (including phenoxy) is 1. The molecule has 4 heteroatoms. The molecule has 0 aliphatic carbocycles. The molecule has 0 N–H and O–H groups in total. The van der Waals surface area contributed by atoms with E-state index in [9.17, 15) is 0 Å². The molecule has 0 atom stereocenters. The van der Waals surface area contributed by atoms with E-state index in [1.54, 1.807) is 13.3 Å². The van der Waals surface area contributed by atoms with E-state index < -0.39 is 0 Å². The number of likely N-dealkylation sites (N-methyl/N-ethyl adjacent to an activating group) is 1. The first-order valence-corrected chi connectivity index (χ1v) is 7.30. The fraction of sp³-hybridized carbons (Fsp3) is 0.471. The van der Waals surface area contributed by atoms with E-state index in [0.29, 0.717) is 0 Å². The Morgan fingerprint density at radius 1 is 1.24 bits per heavy atom. The fourth-order valence-electron chi connectivity index (χ4n) is 2.09. The van der Waals surface area contributed by atoms with Crippen molar-refractivity contribution in [3.05, 3.63) is 42.2 Å². The van der Waals surface area contributed by atoms with Crippen LogP contribution in [0.25, 0.3) is 0 Å². The predicted molar refractivity (Wildman–Crippen MR) is 90.1 cm³/mol. The Morgan fingerprint density at radius 3 is 2.76 bits per heavy atom. The van der Waals surface area contributed by atoms with E-state index in [-0.39, 0.29) is 0 Å². The number of methoxy groups -OCH3 is 1. The molecule has 0 amide bonds. The zero-order valence-electron chi connectivity index (χ0n) is 13.5. The van der Waals surface area contributed by atoms with E-state index in [0.717, 1.165) is 38.2 Å². The van der Waals surface area contributed by atoms with Crippen LogP contribution in [-0.2, 0) is 6.42 Å². The molecule has 1 aromatic carbocycles. The normalized spacial score (nSPS) is 11.0. The molecule has 0 radical (unpaired) electrons. The molecule has 0 aliphatic rings. The minimum atomic E-state index is 0.930. The molecule has 0 fully saturated rings. The minimum Gasteiger partial charge on any atom is -0.497 e. The number of nitrogens with zero attached hydrogens (tertiary/aromatic N) is 3. The van der Waals surface area contributed by atoms with Gasteiger partial charge in [-0.2, -0.15) is 0 Å². The Labute approximate surface area is 128 Å². The average molecular weight is 289 g/mol. The molecule has 21 heavy (non-hydrogen) atoms. The van der Waals surface area contributed by atoms with E-state index in [1.807, 2.05) is 18.3 Å². The van der Waals surface area contributed by atoms with Crippen molar-refractivity contribution in [1.82, 2.24) is 9.80 Å². The van der Waals surface area contributed by atoms with Crippen LogP contribution in [0.5, 0.6) is 5.75 Å². The van der Waals surface area contributed by atoms with Gasteiger partial charge in [0, 0.05) is 32.5 Å². The summed E-state index contributed by atoms with van der Waals surface area (Å²) in [5.74, 6) is 0.930. The van der Waals surface area contributed by atoms with Gasteiger partial charge in [-0.15, -0.1) is 0 Å². The second-order valence-corrected chi connectivity index (χ2v) is 5.22. The molecular weight excluding hydrogens is 262 g/mol. The Morgan fingerprint density at radius 2 is 2.05 bits per heavy atom. The zero-order valence-corrected chi connectivity index (χ0v) is 13.5. The van der Waals surface area contributed by atoms with Crippen molar-refractivity contribution in [2.45, 2.75) is 12.8 Å². The lowest BCUT2D eigenvalue weighted by molar-refractivity contribution is 0.311. The van der Waals surface area contributed by atoms with Gasteiger partial charge in [0.2, 0.25) is 0 Å². The van der Waals surface area contributed by atoms with Crippen LogP contribution in [0.2, 0.25) is 0 Å². The van der Waals surface area contributed by atoms with Crippen LogP contribution >= 0.6 is 0 Å². The van der Waals surface area contributed by atoms with Crippen molar-refractivity contribution >= 4 is 6.72 Å². The molecule has 0 aromatic heterocycles. The quantitative estimate of drug-likeness (QED) is 0.620. The minimum absolute atomic E-state index is 0.930. The molecule has 4 nitrogen and oxygen atoms in total. The van der Waals surface area contributed by atoms with Crippen molar-refractivity contribution < 1.29 is 4.74 Å². The lowest BCUT2D eigenvalue weighted by Gasteiger charge is -2.19. The predicted octanol–water partition coefficient (Wildman–Crippen LogP) is 2.66.